The minimum atomic E-state index is 0.0979. The van der Waals surface area contributed by atoms with Crippen molar-refractivity contribution in [3.05, 3.63) is 24.0 Å². The summed E-state index contributed by atoms with van der Waals surface area (Å²) >= 11 is 0. The highest BCUT2D eigenvalue weighted by atomic mass is 16.2. The molecule has 2 rings (SSSR count). The number of carbonyl (C=O) groups is 1. The molecule has 4 nitrogen and oxygen atoms in total. The topological polar surface area (TPSA) is 45.2 Å². The molecule has 1 aliphatic rings. The standard InChI is InChI=1S/C14H21N3O/c1-3-8-16-13-10-15-9-7-12(13)14(18)17(2)11-5-4-6-11/h7,9-11,16H,3-6,8H2,1-2H3. The summed E-state index contributed by atoms with van der Waals surface area (Å²) in [5.41, 5.74) is 1.57. The van der Waals surface area contributed by atoms with E-state index in [9.17, 15) is 4.79 Å². The Bertz CT molecular complexity index is 415. The largest absolute Gasteiger partial charge is 0.383 e. The highest BCUT2D eigenvalue weighted by Crippen LogP contribution is 2.26. The van der Waals surface area contributed by atoms with Gasteiger partial charge in [-0.15, -0.1) is 0 Å². The van der Waals surface area contributed by atoms with Crippen molar-refractivity contribution >= 4 is 11.6 Å². The number of pyridine rings is 1. The second-order valence-corrected chi connectivity index (χ2v) is 4.85. The zero-order valence-electron chi connectivity index (χ0n) is 11.1. The second kappa shape index (κ2) is 5.85. The van der Waals surface area contributed by atoms with E-state index in [-0.39, 0.29) is 5.91 Å². The molecule has 1 N–H and O–H groups in total. The van der Waals surface area contributed by atoms with Gasteiger partial charge in [0.1, 0.15) is 0 Å². The number of carbonyl (C=O) groups excluding carboxylic acids is 1. The quantitative estimate of drug-likeness (QED) is 0.869. The molecule has 0 spiro atoms. The Labute approximate surface area is 108 Å². The molecule has 0 aliphatic heterocycles. The Balaban J connectivity index is 2.12. The van der Waals surface area contributed by atoms with Crippen molar-refractivity contribution in [1.29, 1.82) is 0 Å². The van der Waals surface area contributed by atoms with Gasteiger partial charge in [0, 0.05) is 25.8 Å². The summed E-state index contributed by atoms with van der Waals surface area (Å²) in [7, 11) is 1.90. The lowest BCUT2D eigenvalue weighted by Crippen LogP contribution is -2.41. The van der Waals surface area contributed by atoms with Crippen LogP contribution in [0, 0.1) is 0 Å². The summed E-state index contributed by atoms with van der Waals surface area (Å²) in [5.74, 6) is 0.0979. The van der Waals surface area contributed by atoms with E-state index in [0.29, 0.717) is 6.04 Å². The maximum absolute atomic E-state index is 12.4. The molecule has 0 saturated heterocycles. The molecule has 0 aromatic carbocycles. The molecule has 1 fully saturated rings. The van der Waals surface area contributed by atoms with Crippen LogP contribution in [-0.4, -0.2) is 35.4 Å². The van der Waals surface area contributed by atoms with Crippen LogP contribution in [-0.2, 0) is 0 Å². The Hall–Kier alpha value is -1.58. The summed E-state index contributed by atoms with van der Waals surface area (Å²) in [6, 6.07) is 2.22. The predicted octanol–water partition coefficient (Wildman–Crippen LogP) is 2.53. The van der Waals surface area contributed by atoms with E-state index in [2.05, 4.69) is 17.2 Å². The SMILES string of the molecule is CCCNc1cnccc1C(=O)N(C)C1CCC1. The lowest BCUT2D eigenvalue weighted by Gasteiger charge is -2.35. The first-order valence-electron chi connectivity index (χ1n) is 6.69. The molecular weight excluding hydrogens is 226 g/mol. The molecule has 0 bridgehead atoms. The van der Waals surface area contributed by atoms with Gasteiger partial charge in [0.2, 0.25) is 0 Å². The van der Waals surface area contributed by atoms with Crippen LogP contribution < -0.4 is 5.32 Å². The molecule has 18 heavy (non-hydrogen) atoms. The summed E-state index contributed by atoms with van der Waals surface area (Å²) in [5, 5.41) is 3.26. The molecule has 1 aliphatic carbocycles. The van der Waals surface area contributed by atoms with E-state index in [4.69, 9.17) is 0 Å². The summed E-state index contributed by atoms with van der Waals surface area (Å²) in [6.45, 7) is 2.96. The third-order valence-electron chi connectivity index (χ3n) is 3.56. The van der Waals surface area contributed by atoms with E-state index < -0.39 is 0 Å². The number of hydrogen-bond acceptors (Lipinski definition) is 3. The van der Waals surface area contributed by atoms with Crippen molar-refractivity contribution in [2.75, 3.05) is 18.9 Å². The molecule has 1 amide bonds. The fourth-order valence-electron chi connectivity index (χ4n) is 2.11. The van der Waals surface area contributed by atoms with Crippen LogP contribution in [0.15, 0.2) is 18.5 Å². The molecular formula is C14H21N3O. The lowest BCUT2D eigenvalue weighted by atomic mass is 9.91. The number of nitrogens with zero attached hydrogens (tertiary/aromatic N) is 2. The first-order valence-corrected chi connectivity index (χ1v) is 6.69. The maximum atomic E-state index is 12.4. The van der Waals surface area contributed by atoms with Crippen LogP contribution in [0.3, 0.4) is 0 Å². The summed E-state index contributed by atoms with van der Waals surface area (Å²) in [6.07, 6.45) is 7.94. The highest BCUT2D eigenvalue weighted by Gasteiger charge is 2.27. The maximum Gasteiger partial charge on any atom is 0.256 e. The number of anilines is 1. The minimum Gasteiger partial charge on any atom is -0.383 e. The van der Waals surface area contributed by atoms with Crippen molar-refractivity contribution in [2.45, 2.75) is 38.6 Å². The number of rotatable bonds is 5. The zero-order valence-corrected chi connectivity index (χ0v) is 11.1. The highest BCUT2D eigenvalue weighted by molar-refractivity contribution is 5.99. The molecule has 0 unspecified atom stereocenters. The molecule has 1 saturated carbocycles. The summed E-state index contributed by atoms with van der Waals surface area (Å²) in [4.78, 5) is 18.4. The Morgan fingerprint density at radius 1 is 1.56 bits per heavy atom. The number of nitrogens with one attached hydrogen (secondary N) is 1. The van der Waals surface area contributed by atoms with Crippen molar-refractivity contribution < 1.29 is 4.79 Å². The van der Waals surface area contributed by atoms with E-state index in [1.807, 2.05) is 11.9 Å². The van der Waals surface area contributed by atoms with Gasteiger partial charge in [-0.25, -0.2) is 0 Å². The van der Waals surface area contributed by atoms with Crippen molar-refractivity contribution in [2.24, 2.45) is 0 Å². The number of hydrogen-bond donors (Lipinski definition) is 1. The zero-order chi connectivity index (χ0) is 13.0. The van der Waals surface area contributed by atoms with Gasteiger partial charge in [0.25, 0.3) is 5.91 Å². The Kier molecular flexibility index (Phi) is 4.18. The Morgan fingerprint density at radius 3 is 2.94 bits per heavy atom. The average molecular weight is 247 g/mol. The van der Waals surface area contributed by atoms with Gasteiger partial charge in [0.05, 0.1) is 17.4 Å². The van der Waals surface area contributed by atoms with Crippen LogP contribution in [0.5, 0.6) is 0 Å². The van der Waals surface area contributed by atoms with Gasteiger partial charge in [-0.05, 0) is 31.7 Å². The molecule has 1 aromatic rings. The third kappa shape index (κ3) is 2.63. The van der Waals surface area contributed by atoms with Crippen LogP contribution in [0.25, 0.3) is 0 Å². The van der Waals surface area contributed by atoms with Crippen molar-refractivity contribution in [3.8, 4) is 0 Å². The van der Waals surface area contributed by atoms with Crippen LogP contribution in [0.4, 0.5) is 5.69 Å². The average Bonchev–Trinajstić information content (AvgIpc) is 2.33. The van der Waals surface area contributed by atoms with Gasteiger partial charge < -0.3 is 10.2 Å². The first-order chi connectivity index (χ1) is 8.74. The van der Waals surface area contributed by atoms with Gasteiger partial charge in [-0.1, -0.05) is 6.92 Å². The van der Waals surface area contributed by atoms with Crippen LogP contribution in [0.2, 0.25) is 0 Å². The van der Waals surface area contributed by atoms with Crippen LogP contribution >= 0.6 is 0 Å². The number of aromatic nitrogens is 1. The van der Waals surface area contributed by atoms with E-state index >= 15 is 0 Å². The molecule has 0 atom stereocenters. The van der Waals surface area contributed by atoms with Gasteiger partial charge in [0.15, 0.2) is 0 Å². The second-order valence-electron chi connectivity index (χ2n) is 4.85. The van der Waals surface area contributed by atoms with Gasteiger partial charge >= 0.3 is 0 Å². The molecule has 0 radical (unpaired) electrons. The fourth-order valence-corrected chi connectivity index (χ4v) is 2.11. The lowest BCUT2D eigenvalue weighted by molar-refractivity contribution is 0.0653. The predicted molar refractivity (Wildman–Crippen MR) is 72.8 cm³/mol. The smallest absolute Gasteiger partial charge is 0.256 e. The molecule has 98 valence electrons. The van der Waals surface area contributed by atoms with E-state index in [1.54, 1.807) is 18.5 Å². The van der Waals surface area contributed by atoms with Gasteiger partial charge in [-0.2, -0.15) is 0 Å². The number of amides is 1. The van der Waals surface area contributed by atoms with Crippen LogP contribution in [0.1, 0.15) is 43.0 Å². The molecule has 1 aromatic heterocycles. The van der Waals surface area contributed by atoms with Crippen molar-refractivity contribution in [1.82, 2.24) is 9.88 Å². The summed E-state index contributed by atoms with van der Waals surface area (Å²) < 4.78 is 0. The fraction of sp³-hybridized carbons (Fsp3) is 0.571. The normalized spacial score (nSPS) is 15.0. The third-order valence-corrected chi connectivity index (χ3v) is 3.56. The van der Waals surface area contributed by atoms with E-state index in [0.717, 1.165) is 37.1 Å². The molecule has 1 heterocycles. The van der Waals surface area contributed by atoms with E-state index in [1.165, 1.54) is 6.42 Å². The van der Waals surface area contributed by atoms with Gasteiger partial charge in [-0.3, -0.25) is 9.78 Å². The minimum absolute atomic E-state index is 0.0979. The van der Waals surface area contributed by atoms with Crippen molar-refractivity contribution in [3.63, 3.8) is 0 Å². The first kappa shape index (κ1) is 12.9. The Morgan fingerprint density at radius 2 is 2.33 bits per heavy atom. The monoisotopic (exact) mass is 247 g/mol. The molecule has 4 heteroatoms.